The van der Waals surface area contributed by atoms with E-state index in [-0.39, 0.29) is 0 Å². The van der Waals surface area contributed by atoms with Gasteiger partial charge >= 0.3 is 6.08 Å². The van der Waals surface area contributed by atoms with E-state index in [1.807, 2.05) is 0 Å². The third-order valence-corrected chi connectivity index (χ3v) is 2.64. The average molecular weight is 219 g/mol. The Kier molecular flexibility index (Phi) is 4.18. The fourth-order valence-electron chi connectivity index (χ4n) is 0.646. The second kappa shape index (κ2) is 4.28. The second-order valence-corrected chi connectivity index (χ2v) is 14.0. The smallest absolute Gasteiger partial charge is 0.359 e. The van der Waals surface area contributed by atoms with Crippen molar-refractivity contribution in [3.63, 3.8) is 0 Å². The van der Waals surface area contributed by atoms with Gasteiger partial charge in [-0.2, -0.15) is 0 Å². The normalized spacial score (nSPS) is 14.2. The van der Waals surface area contributed by atoms with Gasteiger partial charge in [-0.05, 0) is 39.3 Å². The molecule has 13 heavy (non-hydrogen) atoms. The van der Waals surface area contributed by atoms with E-state index in [1.165, 1.54) is 0 Å². The molecule has 0 radical (unpaired) electrons. The highest BCUT2D eigenvalue weighted by Crippen LogP contribution is 2.08. The van der Waals surface area contributed by atoms with Crippen molar-refractivity contribution in [2.45, 2.75) is 39.3 Å². The molecule has 0 atom stereocenters. The Balaban J connectivity index is 4.45. The quantitative estimate of drug-likeness (QED) is 0.406. The van der Waals surface area contributed by atoms with Crippen molar-refractivity contribution in [1.82, 2.24) is 0 Å². The molecule has 0 saturated heterocycles. The highest BCUT2D eigenvalue weighted by atomic mass is 28.4. The van der Waals surface area contributed by atoms with Gasteiger partial charge in [-0.1, -0.05) is 0 Å². The van der Waals surface area contributed by atoms with Gasteiger partial charge in [0.2, 0.25) is 8.32 Å². The molecule has 0 fully saturated rings. The minimum absolute atomic E-state index is 0.471. The first-order valence-corrected chi connectivity index (χ1v) is 11.3. The second-order valence-electron chi connectivity index (χ2n) is 4.97. The minimum atomic E-state index is -1.57. The summed E-state index contributed by atoms with van der Waals surface area (Å²) in [5, 5.41) is 0. The van der Waals surface area contributed by atoms with Crippen LogP contribution in [0.15, 0.2) is 4.66 Å². The molecule has 0 aromatic carbocycles. The largest absolute Gasteiger partial charge is 0.506 e. The van der Waals surface area contributed by atoms with E-state index in [9.17, 15) is 0 Å². The minimum Gasteiger partial charge on any atom is -0.506 e. The Bertz CT molecular complexity index is 191. The lowest BCUT2D eigenvalue weighted by molar-refractivity contribution is 0.298. The van der Waals surface area contributed by atoms with E-state index in [0.29, 0.717) is 6.08 Å². The molecule has 0 rings (SSSR count). The Hall–Kier alpha value is -0.296. The molecular weight excluding hydrogens is 198 g/mol. The summed E-state index contributed by atoms with van der Waals surface area (Å²) in [7, 11) is -1.45. The van der Waals surface area contributed by atoms with E-state index in [0.717, 1.165) is 0 Å². The Morgan fingerprint density at radius 1 is 1.00 bits per heavy atom. The number of methoxy groups -OCH3 is 1. The first-order valence-electron chi connectivity index (χ1n) is 4.47. The van der Waals surface area contributed by atoms with E-state index in [1.54, 1.807) is 7.11 Å². The maximum absolute atomic E-state index is 5.66. The molecule has 0 spiro atoms. The van der Waals surface area contributed by atoms with Crippen LogP contribution in [0.1, 0.15) is 0 Å². The summed E-state index contributed by atoms with van der Waals surface area (Å²) in [6, 6.07) is 0. The first-order chi connectivity index (χ1) is 5.64. The predicted molar refractivity (Wildman–Crippen MR) is 62.2 cm³/mol. The van der Waals surface area contributed by atoms with Crippen LogP contribution in [-0.2, 0) is 9.16 Å². The van der Waals surface area contributed by atoms with Crippen LogP contribution >= 0.6 is 0 Å². The summed E-state index contributed by atoms with van der Waals surface area (Å²) < 4.78 is 15.2. The Morgan fingerprint density at radius 3 is 1.69 bits per heavy atom. The summed E-state index contributed by atoms with van der Waals surface area (Å²) in [4.78, 5) is 0. The lowest BCUT2D eigenvalue weighted by Gasteiger charge is -2.21. The van der Waals surface area contributed by atoms with Crippen molar-refractivity contribution >= 4 is 22.6 Å². The summed E-state index contributed by atoms with van der Waals surface area (Å²) in [5.74, 6) is 0. The number of hydrogen-bond donors (Lipinski definition) is 0. The van der Waals surface area contributed by atoms with Crippen LogP contribution in [0.4, 0.5) is 0 Å². The van der Waals surface area contributed by atoms with Crippen LogP contribution in [0.25, 0.3) is 0 Å². The van der Waals surface area contributed by atoms with Crippen LogP contribution < -0.4 is 0 Å². The molecule has 0 aliphatic carbocycles. The summed E-state index contributed by atoms with van der Waals surface area (Å²) in [5.41, 5.74) is 0. The van der Waals surface area contributed by atoms with Gasteiger partial charge in [0.1, 0.15) is 0 Å². The average Bonchev–Trinajstić information content (AvgIpc) is 1.79. The third-order valence-electron chi connectivity index (χ3n) is 0.995. The van der Waals surface area contributed by atoms with Crippen LogP contribution in [0.3, 0.4) is 0 Å². The van der Waals surface area contributed by atoms with Gasteiger partial charge in [0.15, 0.2) is 8.24 Å². The Morgan fingerprint density at radius 2 is 1.46 bits per heavy atom. The number of rotatable bonds is 2. The maximum Gasteiger partial charge on any atom is 0.359 e. The zero-order valence-corrected chi connectivity index (χ0v) is 11.8. The van der Waals surface area contributed by atoms with Crippen molar-refractivity contribution in [3.05, 3.63) is 0 Å². The van der Waals surface area contributed by atoms with E-state index >= 15 is 0 Å². The van der Waals surface area contributed by atoms with Crippen molar-refractivity contribution < 1.29 is 9.16 Å². The van der Waals surface area contributed by atoms with Crippen LogP contribution in [0.5, 0.6) is 0 Å². The molecule has 0 heterocycles. The van der Waals surface area contributed by atoms with Crippen LogP contribution in [0.2, 0.25) is 39.3 Å². The molecule has 0 amide bonds. The molecule has 0 aromatic rings. The third kappa shape index (κ3) is 8.05. The summed E-state index contributed by atoms with van der Waals surface area (Å²) in [6.45, 7) is 12.8. The van der Waals surface area contributed by atoms with Crippen molar-refractivity contribution in [2.24, 2.45) is 4.66 Å². The molecule has 0 saturated carbocycles. The van der Waals surface area contributed by atoms with E-state index in [2.05, 4.69) is 43.9 Å². The molecular formula is C8H21NO2Si2. The van der Waals surface area contributed by atoms with Crippen molar-refractivity contribution in [3.8, 4) is 0 Å². The van der Waals surface area contributed by atoms with Crippen LogP contribution in [0, 0.1) is 0 Å². The number of ether oxygens (including phenoxy) is 1. The van der Waals surface area contributed by atoms with E-state index < -0.39 is 16.6 Å². The van der Waals surface area contributed by atoms with E-state index in [4.69, 9.17) is 9.16 Å². The molecule has 0 N–H and O–H groups in total. The van der Waals surface area contributed by atoms with Gasteiger partial charge in [-0.15, -0.1) is 0 Å². The molecule has 78 valence electrons. The lowest BCUT2D eigenvalue weighted by Crippen LogP contribution is -2.32. The predicted octanol–water partition coefficient (Wildman–Crippen LogP) is 2.68. The maximum atomic E-state index is 5.66. The van der Waals surface area contributed by atoms with Gasteiger partial charge in [0.25, 0.3) is 0 Å². The molecule has 3 nitrogen and oxygen atoms in total. The SMILES string of the molecule is CO/C(=N/[Si](C)(C)C)O[Si](C)(C)C. The summed E-state index contributed by atoms with van der Waals surface area (Å²) >= 11 is 0. The molecule has 0 unspecified atom stereocenters. The van der Waals surface area contributed by atoms with Crippen molar-refractivity contribution in [1.29, 1.82) is 0 Å². The van der Waals surface area contributed by atoms with Gasteiger partial charge in [-0.25, -0.2) is 0 Å². The summed E-state index contributed by atoms with van der Waals surface area (Å²) in [6.07, 6.45) is 0.471. The lowest BCUT2D eigenvalue weighted by atomic mass is 11.3. The zero-order chi connectivity index (χ0) is 10.7. The number of hydrogen-bond acceptors (Lipinski definition) is 3. The van der Waals surface area contributed by atoms with Gasteiger partial charge in [0, 0.05) is 0 Å². The monoisotopic (exact) mass is 219 g/mol. The topological polar surface area (TPSA) is 30.8 Å². The highest BCUT2D eigenvalue weighted by Gasteiger charge is 2.21. The van der Waals surface area contributed by atoms with Gasteiger partial charge in [0.05, 0.1) is 7.11 Å². The molecule has 0 aliphatic rings. The zero-order valence-electron chi connectivity index (χ0n) is 9.76. The van der Waals surface area contributed by atoms with Crippen LogP contribution in [-0.4, -0.2) is 29.7 Å². The fourth-order valence-corrected chi connectivity index (χ4v) is 2.07. The molecule has 0 bridgehead atoms. The molecule has 0 aromatic heterocycles. The van der Waals surface area contributed by atoms with Gasteiger partial charge < -0.3 is 9.16 Å². The Labute approximate surface area is 83.4 Å². The van der Waals surface area contributed by atoms with Gasteiger partial charge in [-0.3, -0.25) is 4.66 Å². The van der Waals surface area contributed by atoms with Crippen molar-refractivity contribution in [2.75, 3.05) is 7.11 Å². The number of nitrogens with zero attached hydrogens (tertiary/aromatic N) is 1. The first kappa shape index (κ1) is 12.7. The fraction of sp³-hybridized carbons (Fsp3) is 0.875. The highest BCUT2D eigenvalue weighted by molar-refractivity contribution is 6.76. The molecule has 5 heteroatoms. The standard InChI is InChI=1S/C8H21NO2Si2/c1-10-8(9-12(2,3)4)11-13(5,6)7/h1-7H3/b9-8-. The molecule has 0 aliphatic heterocycles.